The van der Waals surface area contributed by atoms with Crippen molar-refractivity contribution in [2.24, 2.45) is 0 Å². The van der Waals surface area contributed by atoms with Crippen molar-refractivity contribution in [3.63, 3.8) is 0 Å². The first-order chi connectivity index (χ1) is 12.9. The van der Waals surface area contributed by atoms with Gasteiger partial charge in [-0.05, 0) is 38.4 Å². The van der Waals surface area contributed by atoms with Crippen molar-refractivity contribution in [1.29, 1.82) is 0 Å². The summed E-state index contributed by atoms with van der Waals surface area (Å²) in [5.74, 6) is -0.838. The summed E-state index contributed by atoms with van der Waals surface area (Å²) >= 11 is 0. The molecule has 0 bridgehead atoms. The van der Waals surface area contributed by atoms with Gasteiger partial charge in [0.25, 0.3) is 0 Å². The largest absolute Gasteiger partial charge is 0.480 e. The number of rotatable bonds is 9. The quantitative estimate of drug-likeness (QED) is 0.661. The number of aliphatic carboxylic acids is 1. The third-order valence-corrected chi connectivity index (χ3v) is 4.97. The summed E-state index contributed by atoms with van der Waals surface area (Å²) in [6, 6.07) is 7.96. The molecule has 7 heteroatoms. The Hall–Kier alpha value is -1.96. The SMILES string of the molecule is Cc1ccccc1CCNC(=O)C(C)N1CCOC(CN(C)CC(=O)O)C1. The van der Waals surface area contributed by atoms with E-state index in [1.807, 2.05) is 19.1 Å². The van der Waals surface area contributed by atoms with Crippen molar-refractivity contribution < 1.29 is 19.4 Å². The number of hydrogen-bond donors (Lipinski definition) is 2. The Bertz CT molecular complexity index is 637. The molecule has 1 aromatic carbocycles. The van der Waals surface area contributed by atoms with E-state index in [0.29, 0.717) is 32.8 Å². The zero-order chi connectivity index (χ0) is 19.8. The van der Waals surface area contributed by atoms with Crippen LogP contribution < -0.4 is 5.32 Å². The normalized spacial score (nSPS) is 19.0. The second-order valence-corrected chi connectivity index (χ2v) is 7.22. The van der Waals surface area contributed by atoms with Gasteiger partial charge in [0.1, 0.15) is 0 Å². The van der Waals surface area contributed by atoms with E-state index in [9.17, 15) is 9.59 Å². The van der Waals surface area contributed by atoms with E-state index in [4.69, 9.17) is 9.84 Å². The number of likely N-dealkylation sites (N-methyl/N-ethyl adjacent to an activating group) is 1. The van der Waals surface area contributed by atoms with Gasteiger partial charge in [0.05, 0.1) is 25.3 Å². The predicted molar refractivity (Wildman–Crippen MR) is 104 cm³/mol. The van der Waals surface area contributed by atoms with Crippen LogP contribution in [0.5, 0.6) is 0 Å². The second-order valence-electron chi connectivity index (χ2n) is 7.22. The fraction of sp³-hybridized carbons (Fsp3) is 0.600. The van der Waals surface area contributed by atoms with Gasteiger partial charge in [-0.3, -0.25) is 19.4 Å². The van der Waals surface area contributed by atoms with E-state index in [0.717, 1.165) is 6.42 Å². The van der Waals surface area contributed by atoms with Gasteiger partial charge in [-0.2, -0.15) is 0 Å². The summed E-state index contributed by atoms with van der Waals surface area (Å²) in [5.41, 5.74) is 2.49. The number of carboxylic acid groups (broad SMARTS) is 1. The molecule has 2 N–H and O–H groups in total. The summed E-state index contributed by atoms with van der Waals surface area (Å²) < 4.78 is 5.73. The molecule has 7 nitrogen and oxygen atoms in total. The van der Waals surface area contributed by atoms with Crippen LogP contribution in [-0.4, -0.2) is 85.3 Å². The first-order valence-corrected chi connectivity index (χ1v) is 9.45. The van der Waals surface area contributed by atoms with Crippen LogP contribution in [0, 0.1) is 6.92 Å². The Kier molecular flexibility index (Phi) is 8.22. The molecule has 27 heavy (non-hydrogen) atoms. The molecule has 2 atom stereocenters. The molecule has 0 aliphatic carbocycles. The summed E-state index contributed by atoms with van der Waals surface area (Å²) in [6.07, 6.45) is 0.724. The number of carbonyl (C=O) groups is 2. The summed E-state index contributed by atoms with van der Waals surface area (Å²) in [5, 5.41) is 11.9. The number of amides is 1. The minimum atomic E-state index is -0.855. The lowest BCUT2D eigenvalue weighted by atomic mass is 10.1. The van der Waals surface area contributed by atoms with Gasteiger partial charge in [-0.15, -0.1) is 0 Å². The Labute approximate surface area is 161 Å². The minimum absolute atomic E-state index is 0.0168. The zero-order valence-electron chi connectivity index (χ0n) is 16.5. The molecular formula is C20H31N3O4. The van der Waals surface area contributed by atoms with Crippen molar-refractivity contribution in [1.82, 2.24) is 15.1 Å². The topological polar surface area (TPSA) is 82.1 Å². The fourth-order valence-electron chi connectivity index (χ4n) is 3.37. The molecule has 2 rings (SSSR count). The molecule has 0 spiro atoms. The van der Waals surface area contributed by atoms with E-state index < -0.39 is 5.97 Å². The third kappa shape index (κ3) is 6.93. The number of ether oxygens (including phenoxy) is 1. The molecule has 1 fully saturated rings. The molecule has 0 saturated carbocycles. The molecular weight excluding hydrogens is 346 g/mol. The average molecular weight is 377 g/mol. The lowest BCUT2D eigenvalue weighted by molar-refractivity contribution is -0.138. The van der Waals surface area contributed by atoms with Crippen LogP contribution in [0.15, 0.2) is 24.3 Å². The summed E-state index contributed by atoms with van der Waals surface area (Å²) in [4.78, 5) is 27.1. The van der Waals surface area contributed by atoms with Gasteiger partial charge in [-0.25, -0.2) is 0 Å². The number of carbonyl (C=O) groups excluding carboxylic acids is 1. The third-order valence-electron chi connectivity index (χ3n) is 4.97. The van der Waals surface area contributed by atoms with E-state index >= 15 is 0 Å². The van der Waals surface area contributed by atoms with Crippen LogP contribution in [0.25, 0.3) is 0 Å². The lowest BCUT2D eigenvalue weighted by Gasteiger charge is -2.37. The van der Waals surface area contributed by atoms with Crippen LogP contribution in [0.2, 0.25) is 0 Å². The van der Waals surface area contributed by atoms with E-state index in [1.54, 1.807) is 11.9 Å². The van der Waals surface area contributed by atoms with Crippen molar-refractivity contribution in [2.45, 2.75) is 32.4 Å². The van der Waals surface area contributed by atoms with Crippen LogP contribution in [-0.2, 0) is 20.7 Å². The monoisotopic (exact) mass is 377 g/mol. The highest BCUT2D eigenvalue weighted by Crippen LogP contribution is 2.11. The maximum absolute atomic E-state index is 12.5. The van der Waals surface area contributed by atoms with Crippen LogP contribution in [0.3, 0.4) is 0 Å². The summed E-state index contributed by atoms with van der Waals surface area (Å²) in [7, 11) is 1.76. The van der Waals surface area contributed by atoms with Crippen LogP contribution in [0.1, 0.15) is 18.1 Å². The zero-order valence-corrected chi connectivity index (χ0v) is 16.5. The standard InChI is InChI=1S/C20H31N3O4/c1-15-6-4-5-7-17(15)8-9-21-20(26)16(2)23-10-11-27-18(13-23)12-22(3)14-19(24)25/h4-7,16,18H,8-14H2,1-3H3,(H,21,26)(H,24,25). The molecule has 1 aromatic rings. The molecule has 1 aliphatic rings. The van der Waals surface area contributed by atoms with Crippen molar-refractivity contribution >= 4 is 11.9 Å². The number of aryl methyl sites for hydroxylation is 1. The van der Waals surface area contributed by atoms with Gasteiger partial charge < -0.3 is 15.2 Å². The van der Waals surface area contributed by atoms with Gasteiger partial charge >= 0.3 is 5.97 Å². The second kappa shape index (κ2) is 10.4. The minimum Gasteiger partial charge on any atom is -0.480 e. The smallest absolute Gasteiger partial charge is 0.317 e. The number of nitrogens with zero attached hydrogens (tertiary/aromatic N) is 2. The Morgan fingerprint density at radius 2 is 2.15 bits per heavy atom. The lowest BCUT2D eigenvalue weighted by Crippen LogP contribution is -2.54. The molecule has 2 unspecified atom stereocenters. The van der Waals surface area contributed by atoms with Crippen LogP contribution >= 0.6 is 0 Å². The molecule has 1 heterocycles. The van der Waals surface area contributed by atoms with Gasteiger partial charge in [-0.1, -0.05) is 24.3 Å². The number of hydrogen-bond acceptors (Lipinski definition) is 5. The number of benzene rings is 1. The predicted octanol–water partition coefficient (Wildman–Crippen LogP) is 0.759. The molecule has 0 radical (unpaired) electrons. The first-order valence-electron chi connectivity index (χ1n) is 9.45. The van der Waals surface area contributed by atoms with Gasteiger partial charge in [0.15, 0.2) is 0 Å². The van der Waals surface area contributed by atoms with E-state index in [2.05, 4.69) is 29.3 Å². The molecule has 1 amide bonds. The molecule has 1 saturated heterocycles. The summed E-state index contributed by atoms with van der Waals surface area (Å²) in [6.45, 7) is 6.98. The van der Waals surface area contributed by atoms with Crippen molar-refractivity contribution in [3.8, 4) is 0 Å². The highest BCUT2D eigenvalue weighted by atomic mass is 16.5. The highest BCUT2D eigenvalue weighted by molar-refractivity contribution is 5.81. The molecule has 150 valence electrons. The van der Waals surface area contributed by atoms with Gasteiger partial charge in [0, 0.05) is 26.2 Å². The average Bonchev–Trinajstić information content (AvgIpc) is 2.62. The van der Waals surface area contributed by atoms with Crippen molar-refractivity contribution in [2.75, 3.05) is 46.4 Å². The highest BCUT2D eigenvalue weighted by Gasteiger charge is 2.28. The Morgan fingerprint density at radius 3 is 2.85 bits per heavy atom. The maximum Gasteiger partial charge on any atom is 0.317 e. The number of carboxylic acids is 1. The number of morpholine rings is 1. The maximum atomic E-state index is 12.5. The van der Waals surface area contributed by atoms with Gasteiger partial charge in [0.2, 0.25) is 5.91 Å². The fourth-order valence-corrected chi connectivity index (χ4v) is 3.37. The van der Waals surface area contributed by atoms with E-state index in [-0.39, 0.29) is 24.6 Å². The molecule has 1 aliphatic heterocycles. The van der Waals surface area contributed by atoms with E-state index in [1.165, 1.54) is 11.1 Å². The first kappa shape index (κ1) is 21.3. The Balaban J connectivity index is 1.77. The number of nitrogens with one attached hydrogen (secondary N) is 1. The Morgan fingerprint density at radius 1 is 1.41 bits per heavy atom. The van der Waals surface area contributed by atoms with Crippen LogP contribution in [0.4, 0.5) is 0 Å². The molecule has 0 aromatic heterocycles. The van der Waals surface area contributed by atoms with Crippen molar-refractivity contribution in [3.05, 3.63) is 35.4 Å².